The van der Waals surface area contributed by atoms with E-state index in [-0.39, 0.29) is 12.6 Å². The van der Waals surface area contributed by atoms with Crippen LogP contribution in [0.5, 0.6) is 0 Å². The van der Waals surface area contributed by atoms with Gasteiger partial charge in [-0.25, -0.2) is 4.79 Å². The third kappa shape index (κ3) is 5.99. The van der Waals surface area contributed by atoms with Gasteiger partial charge in [-0.3, -0.25) is 14.5 Å². The Balaban J connectivity index is 2.25. The highest BCUT2D eigenvalue weighted by Crippen LogP contribution is 2.08. The molecule has 0 aromatic rings. The van der Waals surface area contributed by atoms with E-state index in [1.54, 1.807) is 4.90 Å². The lowest BCUT2D eigenvalue weighted by Crippen LogP contribution is -2.54. The van der Waals surface area contributed by atoms with E-state index in [1.807, 2.05) is 0 Å². The highest BCUT2D eigenvalue weighted by molar-refractivity contribution is 5.86. The summed E-state index contributed by atoms with van der Waals surface area (Å²) in [7, 11) is 0. The average Bonchev–Trinajstić information content (AvgIpc) is 2.49. The summed E-state index contributed by atoms with van der Waals surface area (Å²) in [6.45, 7) is 6.57. The largest absolute Gasteiger partial charge is 0.480 e. The molecule has 8 heteroatoms. The van der Waals surface area contributed by atoms with Crippen molar-refractivity contribution in [3.63, 3.8) is 0 Å². The van der Waals surface area contributed by atoms with Gasteiger partial charge in [0.15, 0.2) is 0 Å². The minimum Gasteiger partial charge on any atom is -0.480 e. The fraction of sp³-hybridized carbons (Fsp3) is 0.769. The van der Waals surface area contributed by atoms with Gasteiger partial charge in [0, 0.05) is 32.2 Å². The predicted octanol–water partition coefficient (Wildman–Crippen LogP) is -0.687. The molecule has 8 nitrogen and oxygen atoms in total. The maximum atomic E-state index is 11.9. The van der Waals surface area contributed by atoms with Crippen molar-refractivity contribution < 1.29 is 19.5 Å². The highest BCUT2D eigenvalue weighted by Gasteiger charge is 2.23. The Morgan fingerprint density at radius 2 is 1.71 bits per heavy atom. The van der Waals surface area contributed by atoms with Crippen LogP contribution in [0.3, 0.4) is 0 Å². The fourth-order valence-corrected chi connectivity index (χ4v) is 2.13. The van der Waals surface area contributed by atoms with E-state index in [9.17, 15) is 14.4 Å². The van der Waals surface area contributed by atoms with E-state index >= 15 is 0 Å². The predicted molar refractivity (Wildman–Crippen MR) is 76.9 cm³/mol. The summed E-state index contributed by atoms with van der Waals surface area (Å²) in [4.78, 5) is 37.5. The molecule has 1 aliphatic heterocycles. The van der Waals surface area contributed by atoms with Gasteiger partial charge in [0.1, 0.15) is 6.54 Å². The van der Waals surface area contributed by atoms with Crippen LogP contribution in [0, 0.1) is 0 Å². The molecule has 1 atom stereocenters. The number of carboxylic acids is 1. The van der Waals surface area contributed by atoms with Crippen LogP contribution in [0.2, 0.25) is 0 Å². The molecule has 21 heavy (non-hydrogen) atoms. The van der Waals surface area contributed by atoms with Crippen LogP contribution in [-0.2, 0) is 9.59 Å². The molecule has 0 aromatic carbocycles. The van der Waals surface area contributed by atoms with Gasteiger partial charge in [0.25, 0.3) is 0 Å². The first-order chi connectivity index (χ1) is 9.93. The molecule has 1 rings (SSSR count). The number of urea groups is 1. The average molecular weight is 300 g/mol. The first-order valence-corrected chi connectivity index (χ1v) is 7.19. The molecule has 1 saturated heterocycles. The van der Waals surface area contributed by atoms with E-state index < -0.39 is 18.4 Å². The Morgan fingerprint density at radius 1 is 1.10 bits per heavy atom. The van der Waals surface area contributed by atoms with Crippen molar-refractivity contribution in [2.75, 3.05) is 39.3 Å². The van der Waals surface area contributed by atoms with Gasteiger partial charge in [-0.2, -0.15) is 0 Å². The topological polar surface area (TPSA) is 102 Å². The maximum Gasteiger partial charge on any atom is 0.322 e. The quantitative estimate of drug-likeness (QED) is 0.603. The molecule has 1 aliphatic rings. The number of carbonyl (C=O) groups is 3. The van der Waals surface area contributed by atoms with E-state index in [4.69, 9.17) is 5.11 Å². The zero-order chi connectivity index (χ0) is 15.8. The van der Waals surface area contributed by atoms with Crippen molar-refractivity contribution >= 4 is 17.9 Å². The Labute approximate surface area is 124 Å². The minimum atomic E-state index is -1.11. The molecule has 0 bridgehead atoms. The van der Waals surface area contributed by atoms with Crippen molar-refractivity contribution in [2.45, 2.75) is 26.3 Å². The van der Waals surface area contributed by atoms with E-state index in [0.717, 1.165) is 19.5 Å². The Bertz CT molecular complexity index is 380. The second-order valence-electron chi connectivity index (χ2n) is 5.11. The number of aliphatic carboxylic acids is 1. The normalized spacial score (nSPS) is 17.1. The van der Waals surface area contributed by atoms with Gasteiger partial charge in [-0.15, -0.1) is 0 Å². The van der Waals surface area contributed by atoms with Crippen molar-refractivity contribution in [1.29, 1.82) is 0 Å². The number of rotatable bonds is 6. The minimum absolute atomic E-state index is 0.211. The SMILES string of the molecule is CCC(C)N1CCN(C(=O)NCC(=O)NCC(=O)O)CC1. The highest BCUT2D eigenvalue weighted by atomic mass is 16.4. The van der Waals surface area contributed by atoms with Crippen LogP contribution in [0.1, 0.15) is 20.3 Å². The molecule has 3 amide bonds. The lowest BCUT2D eigenvalue weighted by molar-refractivity contribution is -0.137. The maximum absolute atomic E-state index is 11.9. The number of carboxylic acid groups (broad SMARTS) is 1. The lowest BCUT2D eigenvalue weighted by Gasteiger charge is -2.37. The summed E-state index contributed by atoms with van der Waals surface area (Å²) < 4.78 is 0. The molecule has 0 spiro atoms. The number of hydrogen-bond acceptors (Lipinski definition) is 4. The molecule has 1 unspecified atom stereocenters. The molecular formula is C13H24N4O4. The van der Waals surface area contributed by atoms with Gasteiger partial charge < -0.3 is 20.6 Å². The van der Waals surface area contributed by atoms with Crippen LogP contribution in [0.15, 0.2) is 0 Å². The first-order valence-electron chi connectivity index (χ1n) is 7.19. The molecule has 0 radical (unpaired) electrons. The number of hydrogen-bond donors (Lipinski definition) is 3. The summed E-state index contributed by atoms with van der Waals surface area (Å²) in [5.74, 6) is -1.63. The number of nitrogens with one attached hydrogen (secondary N) is 2. The third-order valence-electron chi connectivity index (χ3n) is 3.65. The monoisotopic (exact) mass is 300 g/mol. The van der Waals surface area contributed by atoms with Gasteiger partial charge in [-0.1, -0.05) is 6.92 Å². The van der Waals surface area contributed by atoms with Gasteiger partial charge in [0.2, 0.25) is 5.91 Å². The summed E-state index contributed by atoms with van der Waals surface area (Å²) in [6.07, 6.45) is 1.08. The van der Waals surface area contributed by atoms with Crippen LogP contribution in [0.25, 0.3) is 0 Å². The third-order valence-corrected chi connectivity index (χ3v) is 3.65. The first kappa shape index (κ1) is 17.2. The van der Waals surface area contributed by atoms with Crippen molar-refractivity contribution in [3.05, 3.63) is 0 Å². The Morgan fingerprint density at radius 3 is 2.24 bits per heavy atom. The molecule has 3 N–H and O–H groups in total. The zero-order valence-corrected chi connectivity index (χ0v) is 12.6. The second kappa shape index (κ2) is 8.46. The summed E-state index contributed by atoms with van der Waals surface area (Å²) in [5, 5.41) is 13.1. The van der Waals surface area contributed by atoms with Crippen LogP contribution in [0.4, 0.5) is 4.79 Å². The second-order valence-corrected chi connectivity index (χ2v) is 5.11. The molecule has 0 saturated carbocycles. The smallest absolute Gasteiger partial charge is 0.322 e. The fourth-order valence-electron chi connectivity index (χ4n) is 2.13. The number of amides is 3. The molecule has 1 heterocycles. The van der Waals surface area contributed by atoms with Crippen molar-refractivity contribution in [1.82, 2.24) is 20.4 Å². The molecule has 120 valence electrons. The van der Waals surface area contributed by atoms with E-state index in [0.29, 0.717) is 19.1 Å². The summed E-state index contributed by atoms with van der Waals surface area (Å²) in [6, 6.07) is 0.223. The number of carbonyl (C=O) groups excluding carboxylic acids is 2. The lowest BCUT2D eigenvalue weighted by atomic mass is 10.2. The van der Waals surface area contributed by atoms with Crippen LogP contribution < -0.4 is 10.6 Å². The molecule has 0 aliphatic carbocycles. The van der Waals surface area contributed by atoms with Crippen molar-refractivity contribution in [3.8, 4) is 0 Å². The standard InChI is InChI=1S/C13H24N4O4/c1-3-10(2)16-4-6-17(7-5-16)13(21)15-8-11(18)14-9-12(19)20/h10H,3-9H2,1-2H3,(H,14,18)(H,15,21)(H,19,20). The molecular weight excluding hydrogens is 276 g/mol. The molecule has 0 aromatic heterocycles. The van der Waals surface area contributed by atoms with Gasteiger partial charge in [-0.05, 0) is 13.3 Å². The number of piperazine rings is 1. The van der Waals surface area contributed by atoms with Crippen molar-refractivity contribution in [2.24, 2.45) is 0 Å². The van der Waals surface area contributed by atoms with Gasteiger partial charge in [0.05, 0.1) is 6.54 Å². The van der Waals surface area contributed by atoms with Crippen LogP contribution in [-0.4, -0.2) is 78.1 Å². The van der Waals surface area contributed by atoms with E-state index in [1.165, 1.54) is 0 Å². The summed E-state index contributed by atoms with van der Waals surface area (Å²) in [5.41, 5.74) is 0. The Kier molecular flexibility index (Phi) is 6.93. The Hall–Kier alpha value is -1.83. The van der Waals surface area contributed by atoms with Gasteiger partial charge >= 0.3 is 12.0 Å². The summed E-state index contributed by atoms with van der Waals surface area (Å²) >= 11 is 0. The molecule has 1 fully saturated rings. The zero-order valence-electron chi connectivity index (χ0n) is 12.6. The van der Waals surface area contributed by atoms with E-state index in [2.05, 4.69) is 29.4 Å². The van der Waals surface area contributed by atoms with Crippen LogP contribution >= 0.6 is 0 Å². The number of nitrogens with zero attached hydrogens (tertiary/aromatic N) is 2.